The number of amides is 2. The molecule has 5 heteroatoms. The Hall–Kier alpha value is -1.88. The number of nitrogens with zero attached hydrogens (tertiary/aromatic N) is 1. The molecule has 1 heterocycles. The number of anilines is 1. The first-order chi connectivity index (χ1) is 12.0. The second-order valence-electron chi connectivity index (χ2n) is 6.97. The van der Waals surface area contributed by atoms with E-state index in [-0.39, 0.29) is 24.3 Å². The van der Waals surface area contributed by atoms with Gasteiger partial charge in [0.25, 0.3) is 0 Å². The molecule has 1 saturated heterocycles. The number of methoxy groups -OCH3 is 1. The van der Waals surface area contributed by atoms with Gasteiger partial charge in [0.15, 0.2) is 0 Å². The fourth-order valence-corrected chi connectivity index (χ4v) is 3.58. The molecule has 1 aromatic carbocycles. The van der Waals surface area contributed by atoms with E-state index in [1.165, 1.54) is 0 Å². The van der Waals surface area contributed by atoms with Crippen LogP contribution in [0, 0.1) is 13.8 Å². The topological polar surface area (TPSA) is 58.6 Å². The van der Waals surface area contributed by atoms with Gasteiger partial charge in [0.05, 0.1) is 0 Å². The number of rotatable bonds is 7. The Kier molecular flexibility index (Phi) is 7.44. The van der Waals surface area contributed by atoms with Crippen LogP contribution < -0.4 is 5.32 Å². The number of benzene rings is 1. The van der Waals surface area contributed by atoms with E-state index < -0.39 is 0 Å². The average Bonchev–Trinajstić information content (AvgIpc) is 2.54. The molecule has 0 aromatic heterocycles. The van der Waals surface area contributed by atoms with Crippen LogP contribution >= 0.6 is 0 Å². The minimum atomic E-state index is -0.240. The number of aryl methyl sites for hydroxylation is 2. The molecule has 0 bridgehead atoms. The van der Waals surface area contributed by atoms with E-state index in [0.717, 1.165) is 55.5 Å². The highest BCUT2D eigenvalue weighted by Crippen LogP contribution is 2.22. The molecule has 25 heavy (non-hydrogen) atoms. The summed E-state index contributed by atoms with van der Waals surface area (Å²) in [5.74, 6) is -0.305. The van der Waals surface area contributed by atoms with E-state index in [4.69, 9.17) is 4.74 Å². The van der Waals surface area contributed by atoms with Crippen LogP contribution in [0.5, 0.6) is 0 Å². The number of hydrogen-bond acceptors (Lipinski definition) is 3. The van der Waals surface area contributed by atoms with E-state index in [9.17, 15) is 9.59 Å². The first kappa shape index (κ1) is 19.4. The summed E-state index contributed by atoms with van der Waals surface area (Å²) in [5.41, 5.74) is 2.94. The Labute approximate surface area is 150 Å². The largest absolute Gasteiger partial charge is 0.385 e. The summed E-state index contributed by atoms with van der Waals surface area (Å²) >= 11 is 0. The van der Waals surface area contributed by atoms with Crippen molar-refractivity contribution in [3.63, 3.8) is 0 Å². The Morgan fingerprint density at radius 3 is 2.60 bits per heavy atom. The van der Waals surface area contributed by atoms with Crippen LogP contribution in [0.3, 0.4) is 0 Å². The monoisotopic (exact) mass is 346 g/mol. The van der Waals surface area contributed by atoms with Crippen molar-refractivity contribution < 1.29 is 14.3 Å². The molecule has 0 unspecified atom stereocenters. The number of ether oxygens (including phenoxy) is 1. The fraction of sp³-hybridized carbons (Fsp3) is 0.600. The Morgan fingerprint density at radius 2 is 1.92 bits per heavy atom. The van der Waals surface area contributed by atoms with Crippen molar-refractivity contribution >= 4 is 17.5 Å². The van der Waals surface area contributed by atoms with Gasteiger partial charge in [-0.3, -0.25) is 9.59 Å². The molecule has 1 aliphatic rings. The van der Waals surface area contributed by atoms with Crippen molar-refractivity contribution in [1.29, 1.82) is 0 Å². The highest BCUT2D eigenvalue weighted by atomic mass is 16.5. The molecule has 0 aliphatic carbocycles. The first-order valence-corrected chi connectivity index (χ1v) is 9.16. The zero-order valence-electron chi connectivity index (χ0n) is 15.6. The van der Waals surface area contributed by atoms with Gasteiger partial charge in [-0.2, -0.15) is 0 Å². The van der Waals surface area contributed by atoms with Gasteiger partial charge in [0.2, 0.25) is 11.8 Å². The zero-order chi connectivity index (χ0) is 18.2. The van der Waals surface area contributed by atoms with Gasteiger partial charge in [-0.25, -0.2) is 0 Å². The lowest BCUT2D eigenvalue weighted by Crippen LogP contribution is -2.44. The maximum absolute atomic E-state index is 12.6. The first-order valence-electron chi connectivity index (χ1n) is 9.16. The number of likely N-dealkylation sites (tertiary alicyclic amines) is 1. The predicted octanol–water partition coefficient (Wildman–Crippen LogP) is 3.44. The van der Waals surface area contributed by atoms with Crippen LogP contribution in [0.1, 0.15) is 49.7 Å². The summed E-state index contributed by atoms with van der Waals surface area (Å²) in [7, 11) is 1.70. The van der Waals surface area contributed by atoms with Crippen LogP contribution in [0.15, 0.2) is 18.2 Å². The van der Waals surface area contributed by atoms with Gasteiger partial charge in [-0.05, 0) is 69.2 Å². The molecule has 0 radical (unpaired) electrons. The summed E-state index contributed by atoms with van der Waals surface area (Å²) < 4.78 is 5.11. The van der Waals surface area contributed by atoms with Crippen molar-refractivity contribution in [3.8, 4) is 0 Å². The smallest absolute Gasteiger partial charge is 0.233 e. The van der Waals surface area contributed by atoms with E-state index in [1.807, 2.05) is 30.9 Å². The van der Waals surface area contributed by atoms with Crippen LogP contribution in [0.2, 0.25) is 0 Å². The van der Waals surface area contributed by atoms with E-state index in [0.29, 0.717) is 6.61 Å². The summed E-state index contributed by atoms with van der Waals surface area (Å²) in [4.78, 5) is 26.8. The zero-order valence-corrected chi connectivity index (χ0v) is 15.6. The van der Waals surface area contributed by atoms with E-state index >= 15 is 0 Å². The van der Waals surface area contributed by atoms with Gasteiger partial charge in [0.1, 0.15) is 6.42 Å². The number of hydrogen-bond donors (Lipinski definition) is 1. The average molecular weight is 346 g/mol. The maximum Gasteiger partial charge on any atom is 0.233 e. The third-order valence-corrected chi connectivity index (χ3v) is 4.65. The van der Waals surface area contributed by atoms with Crippen molar-refractivity contribution in [3.05, 3.63) is 29.3 Å². The fourth-order valence-electron chi connectivity index (χ4n) is 3.58. The molecule has 1 aromatic rings. The van der Waals surface area contributed by atoms with E-state index in [2.05, 4.69) is 11.4 Å². The van der Waals surface area contributed by atoms with Crippen molar-refractivity contribution in [2.45, 2.75) is 58.4 Å². The number of nitrogens with one attached hydrogen (secondary N) is 1. The second-order valence-corrected chi connectivity index (χ2v) is 6.97. The molecule has 0 saturated carbocycles. The Morgan fingerprint density at radius 1 is 1.20 bits per heavy atom. The standard InChI is InChI=1S/C20H30N2O3/c1-15-11-16(2)13-17(12-15)21-19(23)14-20(24)22-9-5-4-7-18(22)8-6-10-25-3/h11-13,18H,4-10,14H2,1-3H3,(H,21,23)/t18-/m1/s1. The summed E-state index contributed by atoms with van der Waals surface area (Å²) in [6.45, 7) is 5.46. The molecule has 1 fully saturated rings. The molecule has 2 amide bonds. The van der Waals surface area contributed by atoms with Gasteiger partial charge in [-0.1, -0.05) is 6.07 Å². The number of piperidine rings is 1. The van der Waals surface area contributed by atoms with Crippen molar-refractivity contribution in [1.82, 2.24) is 4.90 Å². The molecular formula is C20H30N2O3. The van der Waals surface area contributed by atoms with Crippen LogP contribution in [0.25, 0.3) is 0 Å². The SMILES string of the molecule is COCCC[C@H]1CCCCN1C(=O)CC(=O)Nc1cc(C)cc(C)c1. The third kappa shape index (κ3) is 6.16. The minimum Gasteiger partial charge on any atom is -0.385 e. The Bertz CT molecular complexity index is 580. The number of carbonyl (C=O) groups is 2. The quantitative estimate of drug-likeness (QED) is 0.608. The highest BCUT2D eigenvalue weighted by Gasteiger charge is 2.27. The lowest BCUT2D eigenvalue weighted by molar-refractivity contribution is -0.137. The van der Waals surface area contributed by atoms with Gasteiger partial charge >= 0.3 is 0 Å². The lowest BCUT2D eigenvalue weighted by atomic mass is 9.97. The van der Waals surface area contributed by atoms with E-state index in [1.54, 1.807) is 7.11 Å². The summed E-state index contributed by atoms with van der Waals surface area (Å²) in [6, 6.07) is 6.14. The molecular weight excluding hydrogens is 316 g/mol. The molecule has 0 spiro atoms. The number of carbonyl (C=O) groups excluding carboxylic acids is 2. The van der Waals surface area contributed by atoms with Gasteiger partial charge in [0, 0.05) is 32.0 Å². The van der Waals surface area contributed by atoms with Crippen molar-refractivity contribution in [2.75, 3.05) is 25.6 Å². The molecule has 1 aliphatic heterocycles. The molecule has 5 nitrogen and oxygen atoms in total. The van der Waals surface area contributed by atoms with Crippen molar-refractivity contribution in [2.24, 2.45) is 0 Å². The van der Waals surface area contributed by atoms with Gasteiger partial charge in [-0.15, -0.1) is 0 Å². The second kappa shape index (κ2) is 9.56. The lowest BCUT2D eigenvalue weighted by Gasteiger charge is -2.36. The molecule has 1 N–H and O–H groups in total. The maximum atomic E-state index is 12.6. The van der Waals surface area contributed by atoms with Crippen LogP contribution in [-0.2, 0) is 14.3 Å². The summed E-state index contributed by atoms with van der Waals surface area (Å²) in [5, 5.41) is 2.85. The van der Waals surface area contributed by atoms with Gasteiger partial charge < -0.3 is 15.0 Å². The minimum absolute atomic E-state index is 0.0657. The summed E-state index contributed by atoms with van der Waals surface area (Å²) in [6.07, 6.45) is 4.99. The van der Waals surface area contributed by atoms with Crippen LogP contribution in [-0.4, -0.2) is 43.0 Å². The highest BCUT2D eigenvalue weighted by molar-refractivity contribution is 6.03. The third-order valence-electron chi connectivity index (χ3n) is 4.65. The predicted molar refractivity (Wildman–Crippen MR) is 99.6 cm³/mol. The molecule has 138 valence electrons. The molecule has 2 rings (SSSR count). The molecule has 1 atom stereocenters. The van der Waals surface area contributed by atoms with Crippen LogP contribution in [0.4, 0.5) is 5.69 Å². The Balaban J connectivity index is 1.90. The normalized spacial score (nSPS) is 17.4.